The maximum Gasteiger partial charge on any atom is 0.325 e. The standard InChI is InChI=1S/C13H24N2O3/c1-12(2)9-15(6-7-18-12)10-4-5-13(14,8-10)11(16)17-3/h10H,4-9,14H2,1-3H3. The molecule has 104 valence electrons. The Morgan fingerprint density at radius 3 is 2.83 bits per heavy atom. The van der Waals surface area contributed by atoms with E-state index in [1.54, 1.807) is 0 Å². The highest BCUT2D eigenvalue weighted by Crippen LogP contribution is 2.34. The Morgan fingerprint density at radius 2 is 2.22 bits per heavy atom. The fraction of sp³-hybridized carbons (Fsp3) is 0.923. The fourth-order valence-electron chi connectivity index (χ4n) is 3.11. The van der Waals surface area contributed by atoms with Gasteiger partial charge in [-0.1, -0.05) is 0 Å². The van der Waals surface area contributed by atoms with Crippen LogP contribution in [-0.4, -0.2) is 54.9 Å². The summed E-state index contributed by atoms with van der Waals surface area (Å²) in [5.74, 6) is -0.280. The predicted molar refractivity (Wildman–Crippen MR) is 68.2 cm³/mol. The number of esters is 1. The molecule has 5 nitrogen and oxygen atoms in total. The first-order chi connectivity index (χ1) is 8.36. The fourth-order valence-corrected chi connectivity index (χ4v) is 3.11. The van der Waals surface area contributed by atoms with Crippen LogP contribution in [0, 0.1) is 0 Å². The summed E-state index contributed by atoms with van der Waals surface area (Å²) < 4.78 is 10.5. The van der Waals surface area contributed by atoms with Crippen molar-refractivity contribution < 1.29 is 14.3 Å². The second-order valence-corrected chi connectivity index (χ2v) is 6.12. The number of ether oxygens (including phenoxy) is 2. The summed E-state index contributed by atoms with van der Waals surface area (Å²) in [5, 5.41) is 0. The van der Waals surface area contributed by atoms with E-state index in [2.05, 4.69) is 18.7 Å². The first kappa shape index (κ1) is 13.8. The zero-order valence-electron chi connectivity index (χ0n) is 11.6. The molecule has 1 aliphatic carbocycles. The summed E-state index contributed by atoms with van der Waals surface area (Å²) in [7, 11) is 1.40. The van der Waals surface area contributed by atoms with Crippen LogP contribution in [0.25, 0.3) is 0 Å². The second-order valence-electron chi connectivity index (χ2n) is 6.12. The largest absolute Gasteiger partial charge is 0.468 e. The van der Waals surface area contributed by atoms with Crippen molar-refractivity contribution in [3.63, 3.8) is 0 Å². The van der Waals surface area contributed by atoms with Crippen LogP contribution in [0.1, 0.15) is 33.1 Å². The number of hydrogen-bond donors (Lipinski definition) is 1. The molecule has 0 radical (unpaired) electrons. The van der Waals surface area contributed by atoms with E-state index in [-0.39, 0.29) is 11.6 Å². The predicted octanol–water partition coefficient (Wildman–Crippen LogP) is 0.520. The number of methoxy groups -OCH3 is 1. The molecule has 2 aliphatic rings. The Bertz CT molecular complexity index is 332. The van der Waals surface area contributed by atoms with Crippen molar-refractivity contribution in [1.82, 2.24) is 4.90 Å². The van der Waals surface area contributed by atoms with Gasteiger partial charge >= 0.3 is 5.97 Å². The normalized spacial score (nSPS) is 36.6. The van der Waals surface area contributed by atoms with Gasteiger partial charge in [-0.25, -0.2) is 0 Å². The number of hydrogen-bond acceptors (Lipinski definition) is 5. The Balaban J connectivity index is 1.98. The lowest BCUT2D eigenvalue weighted by atomic mass is 9.98. The minimum atomic E-state index is -0.790. The van der Waals surface area contributed by atoms with Crippen molar-refractivity contribution in [3.8, 4) is 0 Å². The van der Waals surface area contributed by atoms with Crippen molar-refractivity contribution in [2.24, 2.45) is 5.73 Å². The number of carbonyl (C=O) groups excluding carboxylic acids is 1. The van der Waals surface area contributed by atoms with E-state index in [1.165, 1.54) is 7.11 Å². The Hall–Kier alpha value is -0.650. The molecule has 0 aromatic carbocycles. The van der Waals surface area contributed by atoms with Gasteiger partial charge in [-0.15, -0.1) is 0 Å². The maximum atomic E-state index is 11.7. The SMILES string of the molecule is COC(=O)C1(N)CCC(N2CCOC(C)(C)C2)C1. The number of morpholine rings is 1. The second kappa shape index (κ2) is 4.79. The van der Waals surface area contributed by atoms with E-state index in [1.807, 2.05) is 0 Å². The van der Waals surface area contributed by atoms with Crippen molar-refractivity contribution >= 4 is 5.97 Å². The van der Waals surface area contributed by atoms with E-state index in [0.29, 0.717) is 18.9 Å². The van der Waals surface area contributed by atoms with E-state index in [4.69, 9.17) is 15.2 Å². The van der Waals surface area contributed by atoms with Crippen LogP contribution in [0.2, 0.25) is 0 Å². The molecule has 1 heterocycles. The lowest BCUT2D eigenvalue weighted by Crippen LogP contribution is -2.53. The van der Waals surface area contributed by atoms with Gasteiger partial charge in [0, 0.05) is 19.1 Å². The highest BCUT2D eigenvalue weighted by molar-refractivity contribution is 5.81. The summed E-state index contributed by atoms with van der Waals surface area (Å²) in [6, 6.07) is 0.372. The smallest absolute Gasteiger partial charge is 0.325 e. The van der Waals surface area contributed by atoms with Crippen molar-refractivity contribution in [3.05, 3.63) is 0 Å². The molecule has 18 heavy (non-hydrogen) atoms. The maximum absolute atomic E-state index is 11.7. The monoisotopic (exact) mass is 256 g/mol. The summed E-state index contributed by atoms with van der Waals surface area (Å²) in [6.07, 6.45) is 2.36. The Kier molecular flexibility index (Phi) is 3.67. The molecule has 2 unspecified atom stereocenters. The van der Waals surface area contributed by atoms with E-state index in [9.17, 15) is 4.79 Å². The molecular weight excluding hydrogens is 232 g/mol. The summed E-state index contributed by atoms with van der Waals surface area (Å²) >= 11 is 0. The van der Waals surface area contributed by atoms with Crippen LogP contribution in [0.3, 0.4) is 0 Å². The van der Waals surface area contributed by atoms with Crippen LogP contribution in [0.15, 0.2) is 0 Å². The van der Waals surface area contributed by atoms with Gasteiger partial charge in [0.15, 0.2) is 0 Å². The lowest BCUT2D eigenvalue weighted by molar-refractivity contribution is -0.147. The van der Waals surface area contributed by atoms with Crippen LogP contribution >= 0.6 is 0 Å². The van der Waals surface area contributed by atoms with Gasteiger partial charge in [-0.05, 0) is 33.1 Å². The first-order valence-corrected chi connectivity index (χ1v) is 6.62. The van der Waals surface area contributed by atoms with Crippen molar-refractivity contribution in [2.75, 3.05) is 26.8 Å². The zero-order valence-corrected chi connectivity index (χ0v) is 11.6. The molecule has 0 amide bonds. The number of nitrogens with zero attached hydrogens (tertiary/aromatic N) is 1. The van der Waals surface area contributed by atoms with Crippen LogP contribution < -0.4 is 5.73 Å². The van der Waals surface area contributed by atoms with Gasteiger partial charge < -0.3 is 15.2 Å². The molecule has 1 saturated carbocycles. The molecule has 2 N–H and O–H groups in total. The van der Waals surface area contributed by atoms with E-state index < -0.39 is 5.54 Å². The molecule has 5 heteroatoms. The van der Waals surface area contributed by atoms with Gasteiger partial charge in [0.25, 0.3) is 0 Å². The molecule has 1 aliphatic heterocycles. The molecule has 2 fully saturated rings. The van der Waals surface area contributed by atoms with Gasteiger partial charge in [0.1, 0.15) is 5.54 Å². The van der Waals surface area contributed by atoms with Crippen LogP contribution in [0.5, 0.6) is 0 Å². The summed E-state index contributed by atoms with van der Waals surface area (Å²) in [5.41, 5.74) is 5.25. The molecule has 0 aromatic rings. The lowest BCUT2D eigenvalue weighted by Gasteiger charge is -2.41. The first-order valence-electron chi connectivity index (χ1n) is 6.62. The summed E-state index contributed by atoms with van der Waals surface area (Å²) in [4.78, 5) is 14.1. The van der Waals surface area contributed by atoms with E-state index >= 15 is 0 Å². The van der Waals surface area contributed by atoms with Crippen LogP contribution in [0.4, 0.5) is 0 Å². The topological polar surface area (TPSA) is 64.8 Å². The third kappa shape index (κ3) is 2.68. The zero-order chi connectivity index (χ0) is 13.4. The quantitative estimate of drug-likeness (QED) is 0.730. The number of rotatable bonds is 2. The molecule has 2 rings (SSSR count). The molecular formula is C13H24N2O3. The highest BCUT2D eigenvalue weighted by atomic mass is 16.5. The molecule has 1 saturated heterocycles. The minimum absolute atomic E-state index is 0.108. The van der Waals surface area contributed by atoms with E-state index in [0.717, 1.165) is 26.1 Å². The third-order valence-corrected chi connectivity index (χ3v) is 4.09. The third-order valence-electron chi connectivity index (χ3n) is 4.09. The average molecular weight is 256 g/mol. The molecule has 2 atom stereocenters. The highest BCUT2D eigenvalue weighted by Gasteiger charge is 2.46. The van der Waals surface area contributed by atoms with Gasteiger partial charge in [0.2, 0.25) is 0 Å². The minimum Gasteiger partial charge on any atom is -0.468 e. The van der Waals surface area contributed by atoms with Gasteiger partial charge in [-0.2, -0.15) is 0 Å². The molecule has 0 bridgehead atoms. The Labute approximate surface area is 109 Å². The van der Waals surface area contributed by atoms with Crippen molar-refractivity contribution in [1.29, 1.82) is 0 Å². The molecule has 0 aromatic heterocycles. The van der Waals surface area contributed by atoms with Crippen LogP contribution in [-0.2, 0) is 14.3 Å². The Morgan fingerprint density at radius 1 is 1.50 bits per heavy atom. The number of carbonyl (C=O) groups is 1. The van der Waals surface area contributed by atoms with Gasteiger partial charge in [0.05, 0.1) is 19.3 Å². The van der Waals surface area contributed by atoms with Crippen molar-refractivity contribution in [2.45, 2.75) is 50.3 Å². The molecule has 0 spiro atoms. The van der Waals surface area contributed by atoms with Gasteiger partial charge in [-0.3, -0.25) is 9.69 Å². The number of nitrogens with two attached hydrogens (primary N) is 1. The average Bonchev–Trinajstić information content (AvgIpc) is 2.71. The summed E-state index contributed by atoms with van der Waals surface area (Å²) in [6.45, 7) is 6.77.